The summed E-state index contributed by atoms with van der Waals surface area (Å²) < 4.78 is 2.61. The Kier molecular flexibility index (Phi) is 9.67. The number of para-hydroxylation sites is 1. The van der Waals surface area contributed by atoms with Crippen LogP contribution >= 0.6 is 11.3 Å². The van der Waals surface area contributed by atoms with Crippen LogP contribution in [0.25, 0.3) is 58.4 Å². The Hall–Kier alpha value is -3.37. The van der Waals surface area contributed by atoms with Crippen molar-refractivity contribution in [3.63, 3.8) is 0 Å². The molecule has 1 radical (unpaired) electrons. The summed E-state index contributed by atoms with van der Waals surface area (Å²) in [6.45, 7) is 14.2. The SMILES string of the molecule is CC(=O)/C=C(/C)[N-]C(C)C.CC(C)(C)c1cc(-c2nc3ccccc3c3sc4ccccc4c23)[c-]c2ccccc12.[Ir]. The third kappa shape index (κ3) is 6.65. The van der Waals surface area contributed by atoms with E-state index in [-0.39, 0.29) is 37.3 Å². The Labute approximate surface area is 266 Å². The maximum Gasteiger partial charge on any atom is 0.151 e. The van der Waals surface area contributed by atoms with E-state index in [2.05, 4.69) is 111 Å². The van der Waals surface area contributed by atoms with Gasteiger partial charge in [-0.05, 0) is 41.3 Å². The van der Waals surface area contributed by atoms with E-state index >= 15 is 0 Å². The van der Waals surface area contributed by atoms with Crippen molar-refractivity contribution in [1.82, 2.24) is 4.98 Å². The second-order valence-electron chi connectivity index (χ2n) is 11.8. The topological polar surface area (TPSA) is 44.1 Å². The number of hydrogen-bond donors (Lipinski definition) is 0. The molecular formula is C37H36IrN2OS-2. The summed E-state index contributed by atoms with van der Waals surface area (Å²) in [6.07, 6.45) is 1.54. The van der Waals surface area contributed by atoms with Crippen LogP contribution in [-0.4, -0.2) is 16.8 Å². The first-order chi connectivity index (χ1) is 19.5. The first-order valence-electron chi connectivity index (χ1n) is 14.1. The van der Waals surface area contributed by atoms with E-state index in [1.807, 2.05) is 32.1 Å². The molecule has 0 aliphatic carbocycles. The predicted molar refractivity (Wildman–Crippen MR) is 178 cm³/mol. The molecule has 5 heteroatoms. The summed E-state index contributed by atoms with van der Waals surface area (Å²) in [5.74, 6) is 0.0573. The number of benzene rings is 4. The normalized spacial score (nSPS) is 12.0. The molecule has 0 saturated heterocycles. The van der Waals surface area contributed by atoms with Gasteiger partial charge in [0.05, 0.1) is 5.52 Å². The summed E-state index contributed by atoms with van der Waals surface area (Å²) in [5.41, 5.74) is 5.30. The summed E-state index contributed by atoms with van der Waals surface area (Å²) in [7, 11) is 0. The Morgan fingerprint density at radius 2 is 1.52 bits per heavy atom. The van der Waals surface area contributed by atoms with Crippen LogP contribution in [0.15, 0.2) is 90.6 Å². The van der Waals surface area contributed by atoms with Gasteiger partial charge >= 0.3 is 0 Å². The zero-order valence-corrected chi connectivity index (χ0v) is 28.4. The van der Waals surface area contributed by atoms with Crippen molar-refractivity contribution in [1.29, 1.82) is 0 Å². The average Bonchev–Trinajstić information content (AvgIpc) is 3.31. The second kappa shape index (κ2) is 12.9. The van der Waals surface area contributed by atoms with E-state index in [4.69, 9.17) is 4.98 Å². The molecule has 217 valence electrons. The Morgan fingerprint density at radius 1 is 0.905 bits per heavy atom. The van der Waals surface area contributed by atoms with Crippen LogP contribution < -0.4 is 0 Å². The van der Waals surface area contributed by atoms with Crippen molar-refractivity contribution in [2.45, 2.75) is 59.9 Å². The van der Waals surface area contributed by atoms with Crippen LogP contribution in [0.2, 0.25) is 0 Å². The van der Waals surface area contributed by atoms with Gasteiger partial charge in [-0.2, -0.15) is 5.70 Å². The number of carbonyl (C=O) groups is 1. The van der Waals surface area contributed by atoms with Gasteiger partial charge in [-0.3, -0.25) is 9.78 Å². The molecule has 2 aromatic heterocycles. The number of allylic oxidation sites excluding steroid dienone is 2. The van der Waals surface area contributed by atoms with Gasteiger partial charge in [0.2, 0.25) is 0 Å². The quantitative estimate of drug-likeness (QED) is 0.133. The van der Waals surface area contributed by atoms with Gasteiger partial charge in [0.25, 0.3) is 0 Å². The molecule has 0 spiro atoms. The molecule has 0 unspecified atom stereocenters. The smallest absolute Gasteiger partial charge is 0.151 e. The zero-order valence-electron chi connectivity index (χ0n) is 25.2. The van der Waals surface area contributed by atoms with Gasteiger partial charge in [-0.15, -0.1) is 46.5 Å². The van der Waals surface area contributed by atoms with E-state index in [1.165, 1.54) is 43.4 Å². The molecule has 0 aliphatic heterocycles. The van der Waals surface area contributed by atoms with E-state index in [0.29, 0.717) is 0 Å². The minimum Gasteiger partial charge on any atom is -0.686 e. The summed E-state index contributed by atoms with van der Waals surface area (Å²) in [4.78, 5) is 15.7. The van der Waals surface area contributed by atoms with Crippen LogP contribution in [0.4, 0.5) is 0 Å². The van der Waals surface area contributed by atoms with Crippen LogP contribution in [-0.2, 0) is 30.3 Å². The average molecular weight is 749 g/mol. The van der Waals surface area contributed by atoms with Gasteiger partial charge < -0.3 is 5.32 Å². The number of nitrogens with zero attached hydrogens (tertiary/aromatic N) is 2. The number of thiophene rings is 1. The summed E-state index contributed by atoms with van der Waals surface area (Å²) in [6, 6.07) is 32.0. The molecule has 4 aromatic carbocycles. The van der Waals surface area contributed by atoms with E-state index in [0.717, 1.165) is 27.9 Å². The Morgan fingerprint density at radius 3 is 2.19 bits per heavy atom. The molecule has 3 nitrogen and oxygen atoms in total. The first-order valence-corrected chi connectivity index (χ1v) is 14.9. The van der Waals surface area contributed by atoms with Crippen molar-refractivity contribution in [2.75, 3.05) is 0 Å². The fraction of sp³-hybridized carbons (Fsp3) is 0.243. The molecule has 0 amide bonds. The van der Waals surface area contributed by atoms with Crippen LogP contribution in [0.5, 0.6) is 0 Å². The third-order valence-corrected chi connectivity index (χ3v) is 8.13. The largest absolute Gasteiger partial charge is 0.686 e. The van der Waals surface area contributed by atoms with Gasteiger partial charge in [0, 0.05) is 40.6 Å². The van der Waals surface area contributed by atoms with Crippen LogP contribution in [0.3, 0.4) is 0 Å². The van der Waals surface area contributed by atoms with Crippen molar-refractivity contribution < 1.29 is 24.9 Å². The number of rotatable bonds is 4. The molecule has 6 aromatic rings. The number of carbonyl (C=O) groups excluding carboxylic acids is 1. The molecule has 2 heterocycles. The zero-order chi connectivity index (χ0) is 29.3. The molecule has 42 heavy (non-hydrogen) atoms. The van der Waals surface area contributed by atoms with Crippen molar-refractivity contribution >= 4 is 59.0 Å². The standard InChI is InChI=1S/C29H22NS.C8H15NO.Ir/c1-29(2,3)23-17-19(16-18-10-4-5-11-20(18)23)27-26-22-13-7-9-15-25(22)31-28(26)21-12-6-8-14-24(21)30-27;1-6(2)9-7(3)5-8(4)10;/h4-15,17H,1-3H3;5-6H,1-4H3,(H,9,10);/q-1;;/p-1. The van der Waals surface area contributed by atoms with E-state index in [9.17, 15) is 4.79 Å². The number of fused-ring (bicyclic) bond motifs is 6. The van der Waals surface area contributed by atoms with Crippen LogP contribution in [0, 0.1) is 6.07 Å². The van der Waals surface area contributed by atoms with E-state index < -0.39 is 0 Å². The molecular weight excluding hydrogens is 713 g/mol. The van der Waals surface area contributed by atoms with Crippen LogP contribution in [0.1, 0.15) is 54.0 Å². The third-order valence-electron chi connectivity index (χ3n) is 6.93. The molecule has 0 fully saturated rings. The Balaban J connectivity index is 0.000000320. The second-order valence-corrected chi connectivity index (χ2v) is 12.8. The predicted octanol–water partition coefficient (Wildman–Crippen LogP) is 10.8. The maximum atomic E-state index is 10.5. The van der Waals surface area contributed by atoms with Gasteiger partial charge in [0.1, 0.15) is 0 Å². The number of aromatic nitrogens is 1. The number of ketones is 1. The van der Waals surface area contributed by atoms with E-state index in [1.54, 1.807) is 6.08 Å². The summed E-state index contributed by atoms with van der Waals surface area (Å²) >= 11 is 1.86. The fourth-order valence-electron chi connectivity index (χ4n) is 5.32. The first kappa shape index (κ1) is 31.6. The number of hydrogen-bond acceptors (Lipinski definition) is 3. The van der Waals surface area contributed by atoms with Gasteiger partial charge in [0.15, 0.2) is 5.78 Å². The van der Waals surface area contributed by atoms with Crippen molar-refractivity contribution in [3.05, 3.63) is 108 Å². The minimum atomic E-state index is 0. The Bertz CT molecular complexity index is 1930. The molecule has 0 aliphatic rings. The molecule has 0 bridgehead atoms. The van der Waals surface area contributed by atoms with Gasteiger partial charge in [-0.25, -0.2) is 0 Å². The molecule has 0 saturated carbocycles. The van der Waals surface area contributed by atoms with Gasteiger partial charge in [-0.1, -0.05) is 107 Å². The summed E-state index contributed by atoms with van der Waals surface area (Å²) in [5, 5.41) is 10.3. The molecule has 6 rings (SSSR count). The minimum absolute atomic E-state index is 0. The van der Waals surface area contributed by atoms with Crippen molar-refractivity contribution in [3.8, 4) is 11.3 Å². The molecule has 0 atom stereocenters. The molecule has 0 N–H and O–H groups in total. The maximum absolute atomic E-state index is 10.5. The fourth-order valence-corrected chi connectivity index (χ4v) is 6.56. The monoisotopic (exact) mass is 749 g/mol. The van der Waals surface area contributed by atoms with Crippen molar-refractivity contribution in [2.24, 2.45) is 0 Å². The number of pyridine rings is 1.